The fourth-order valence-corrected chi connectivity index (χ4v) is 4.88. The minimum Gasteiger partial charge on any atom is -0.468 e. The van der Waals surface area contributed by atoms with Crippen molar-refractivity contribution in [3.05, 3.63) is 65.3 Å². The van der Waals surface area contributed by atoms with Gasteiger partial charge in [-0.15, -0.1) is 0 Å². The summed E-state index contributed by atoms with van der Waals surface area (Å²) in [7, 11) is 1.27. The van der Waals surface area contributed by atoms with Gasteiger partial charge >= 0.3 is 5.97 Å². The SMILES string of the molecule is COC(=O)Cn1cc(N(C=O)CCCCCCCCN)ccc1=O.c1ccc2c(N3CCCCC3)cncc2c1. The second-order valence-electron chi connectivity index (χ2n) is 10.1. The molecule has 40 heavy (non-hydrogen) atoms. The van der Waals surface area contributed by atoms with Crippen LogP contribution in [0.3, 0.4) is 0 Å². The molecule has 1 aliphatic heterocycles. The summed E-state index contributed by atoms with van der Waals surface area (Å²) in [6, 6.07) is 11.4. The maximum atomic E-state index is 11.8. The number of pyridine rings is 2. The molecule has 1 amide bonds. The molecule has 4 rings (SSSR count). The van der Waals surface area contributed by atoms with Crippen LogP contribution < -0.4 is 21.1 Å². The van der Waals surface area contributed by atoms with Crippen LogP contribution in [0.15, 0.2) is 59.8 Å². The van der Waals surface area contributed by atoms with E-state index in [0.717, 1.165) is 51.5 Å². The molecule has 2 aromatic heterocycles. The molecule has 1 aliphatic rings. The van der Waals surface area contributed by atoms with E-state index >= 15 is 0 Å². The fraction of sp³-hybridized carbons (Fsp3) is 0.484. The molecular weight excluding hydrogens is 506 g/mol. The monoisotopic (exact) mass is 549 g/mol. The molecule has 0 unspecified atom stereocenters. The Morgan fingerprint density at radius 3 is 2.45 bits per heavy atom. The van der Waals surface area contributed by atoms with Gasteiger partial charge in [0.15, 0.2) is 0 Å². The zero-order valence-corrected chi connectivity index (χ0v) is 23.7. The standard InChI is InChI=1S/C17H27N3O4.C14H16N2/c1-24-17(23)13-20-12-15(8-9-16(20)22)19(14-21)11-7-5-3-2-4-6-10-18;1-4-8-16(9-5-1)14-11-15-10-12-6-2-3-7-13(12)14/h8-9,12,14H,2-7,10-11,13,18H2,1H3;2-3,6-7,10-11H,1,4-5,8-9H2. The Bertz CT molecular complexity index is 1250. The summed E-state index contributed by atoms with van der Waals surface area (Å²) in [5.41, 5.74) is 7.04. The number of fused-ring (bicyclic) bond motifs is 1. The largest absolute Gasteiger partial charge is 0.468 e. The molecule has 3 heterocycles. The summed E-state index contributed by atoms with van der Waals surface area (Å²) >= 11 is 0. The van der Waals surface area contributed by atoms with Crippen LogP contribution in [-0.2, 0) is 20.9 Å². The Labute approximate surface area is 236 Å². The van der Waals surface area contributed by atoms with Gasteiger partial charge in [-0.3, -0.25) is 19.4 Å². The van der Waals surface area contributed by atoms with E-state index in [-0.39, 0.29) is 12.1 Å². The first-order valence-electron chi connectivity index (χ1n) is 14.3. The number of hydrogen-bond acceptors (Lipinski definition) is 7. The molecule has 0 radical (unpaired) electrons. The first-order chi connectivity index (χ1) is 19.6. The third-order valence-corrected chi connectivity index (χ3v) is 7.15. The minimum atomic E-state index is -0.510. The Balaban J connectivity index is 0.000000236. The van der Waals surface area contributed by atoms with E-state index in [1.165, 1.54) is 72.8 Å². The van der Waals surface area contributed by atoms with Crippen molar-refractivity contribution in [2.24, 2.45) is 5.73 Å². The second-order valence-corrected chi connectivity index (χ2v) is 10.1. The van der Waals surface area contributed by atoms with E-state index in [1.54, 1.807) is 11.0 Å². The first kappa shape index (κ1) is 30.8. The number of nitrogens with two attached hydrogens (primary N) is 1. The van der Waals surface area contributed by atoms with Crippen molar-refractivity contribution in [3.8, 4) is 0 Å². The molecule has 3 aromatic rings. The maximum absolute atomic E-state index is 11.8. The molecule has 1 fully saturated rings. The van der Waals surface area contributed by atoms with Crippen LogP contribution in [0.4, 0.5) is 11.4 Å². The van der Waals surface area contributed by atoms with Gasteiger partial charge < -0.3 is 24.8 Å². The summed E-state index contributed by atoms with van der Waals surface area (Å²) in [5, 5.41) is 2.57. The van der Waals surface area contributed by atoms with Gasteiger partial charge in [-0.1, -0.05) is 49.9 Å². The maximum Gasteiger partial charge on any atom is 0.325 e. The zero-order chi connectivity index (χ0) is 28.6. The summed E-state index contributed by atoms with van der Waals surface area (Å²) in [6.45, 7) is 3.50. The lowest BCUT2D eigenvalue weighted by Gasteiger charge is -2.29. The highest BCUT2D eigenvalue weighted by Crippen LogP contribution is 2.27. The normalized spacial score (nSPS) is 12.9. The number of nitrogens with zero attached hydrogens (tertiary/aromatic N) is 4. The number of aromatic nitrogens is 2. The lowest BCUT2D eigenvalue weighted by atomic mass is 10.1. The quantitative estimate of drug-likeness (QED) is 0.190. The number of amides is 1. The zero-order valence-electron chi connectivity index (χ0n) is 23.7. The van der Waals surface area contributed by atoms with Crippen molar-refractivity contribution in [2.45, 2.75) is 64.3 Å². The Morgan fingerprint density at radius 1 is 1.00 bits per heavy atom. The molecule has 1 saturated heterocycles. The topological polar surface area (TPSA) is 111 Å². The lowest BCUT2D eigenvalue weighted by molar-refractivity contribution is -0.141. The highest BCUT2D eigenvalue weighted by Gasteiger charge is 2.13. The van der Waals surface area contributed by atoms with Crippen molar-refractivity contribution in [3.63, 3.8) is 0 Å². The van der Waals surface area contributed by atoms with Gasteiger partial charge in [-0.25, -0.2) is 0 Å². The molecule has 1 aromatic carbocycles. The van der Waals surface area contributed by atoms with Crippen molar-refractivity contribution in [1.29, 1.82) is 0 Å². The van der Waals surface area contributed by atoms with Gasteiger partial charge in [0.2, 0.25) is 6.41 Å². The third kappa shape index (κ3) is 9.48. The summed E-state index contributed by atoms with van der Waals surface area (Å²) in [4.78, 5) is 42.8. The molecule has 216 valence electrons. The molecule has 0 bridgehead atoms. The number of benzene rings is 1. The number of carbonyl (C=O) groups excluding carboxylic acids is 2. The Hall–Kier alpha value is -3.72. The highest BCUT2D eigenvalue weighted by molar-refractivity contribution is 5.93. The van der Waals surface area contributed by atoms with Crippen LogP contribution in [0.2, 0.25) is 0 Å². The Kier molecular flexibility index (Phi) is 13.2. The van der Waals surface area contributed by atoms with Crippen molar-refractivity contribution >= 4 is 34.5 Å². The minimum absolute atomic E-state index is 0.170. The van der Waals surface area contributed by atoms with E-state index in [2.05, 4.69) is 38.9 Å². The van der Waals surface area contributed by atoms with Crippen LogP contribution in [0.1, 0.15) is 57.8 Å². The third-order valence-electron chi connectivity index (χ3n) is 7.15. The van der Waals surface area contributed by atoms with E-state index in [9.17, 15) is 14.4 Å². The van der Waals surface area contributed by atoms with E-state index < -0.39 is 5.97 Å². The number of rotatable bonds is 13. The number of ether oxygens (including phenoxy) is 1. The summed E-state index contributed by atoms with van der Waals surface area (Å²) < 4.78 is 5.81. The molecule has 9 heteroatoms. The molecule has 0 saturated carbocycles. The number of esters is 1. The number of hydrogen-bond donors (Lipinski definition) is 1. The van der Waals surface area contributed by atoms with E-state index in [4.69, 9.17) is 5.73 Å². The van der Waals surface area contributed by atoms with Gasteiger partial charge in [-0.2, -0.15) is 0 Å². The average Bonchev–Trinajstić information content (AvgIpc) is 3.00. The smallest absolute Gasteiger partial charge is 0.325 e. The molecule has 0 aliphatic carbocycles. The van der Waals surface area contributed by atoms with Gasteiger partial charge in [0.1, 0.15) is 6.54 Å². The highest BCUT2D eigenvalue weighted by atomic mass is 16.5. The predicted octanol–water partition coefficient (Wildman–Crippen LogP) is 4.51. The van der Waals surface area contributed by atoms with Gasteiger partial charge in [0, 0.05) is 48.9 Å². The van der Waals surface area contributed by atoms with Gasteiger partial charge in [-0.05, 0) is 44.7 Å². The molecule has 2 N–H and O–H groups in total. The van der Waals surface area contributed by atoms with Crippen LogP contribution in [0, 0.1) is 0 Å². The predicted molar refractivity (Wildman–Crippen MR) is 161 cm³/mol. The summed E-state index contributed by atoms with van der Waals surface area (Å²) in [5.74, 6) is -0.510. The van der Waals surface area contributed by atoms with Crippen molar-refractivity contribution < 1.29 is 14.3 Å². The number of unbranched alkanes of at least 4 members (excludes halogenated alkanes) is 5. The van der Waals surface area contributed by atoms with E-state index in [0.29, 0.717) is 12.2 Å². The van der Waals surface area contributed by atoms with E-state index in [1.807, 2.05) is 12.4 Å². The van der Waals surface area contributed by atoms with Crippen molar-refractivity contribution in [1.82, 2.24) is 9.55 Å². The van der Waals surface area contributed by atoms with Crippen LogP contribution >= 0.6 is 0 Å². The molecule has 0 atom stereocenters. The van der Waals surface area contributed by atoms with Crippen molar-refractivity contribution in [2.75, 3.05) is 43.1 Å². The number of methoxy groups -OCH3 is 1. The van der Waals surface area contributed by atoms with Crippen LogP contribution in [0.5, 0.6) is 0 Å². The lowest BCUT2D eigenvalue weighted by Crippen LogP contribution is -2.29. The first-order valence-corrected chi connectivity index (χ1v) is 14.3. The van der Waals surface area contributed by atoms with Gasteiger partial charge in [0.25, 0.3) is 5.56 Å². The number of anilines is 2. The van der Waals surface area contributed by atoms with Gasteiger partial charge in [0.05, 0.1) is 24.7 Å². The summed E-state index contributed by atoms with van der Waals surface area (Å²) in [6.07, 6.45) is 16.6. The molecule has 9 nitrogen and oxygen atoms in total. The average molecular weight is 550 g/mol. The molecular formula is C31H43N5O4. The second kappa shape index (κ2) is 17.1. The van der Waals surface area contributed by atoms with Crippen LogP contribution in [-0.4, -0.2) is 55.2 Å². The fourth-order valence-electron chi connectivity index (χ4n) is 4.88. The molecule has 0 spiro atoms. The number of carbonyl (C=O) groups is 2. The Morgan fingerprint density at radius 2 is 1.73 bits per heavy atom. The number of piperidine rings is 1. The van der Waals surface area contributed by atoms with Crippen LogP contribution in [0.25, 0.3) is 10.8 Å².